The molecule has 0 aliphatic carbocycles. The van der Waals surface area contributed by atoms with Crippen molar-refractivity contribution in [2.75, 3.05) is 32.1 Å². The monoisotopic (exact) mass is 410 g/mol. The summed E-state index contributed by atoms with van der Waals surface area (Å²) in [7, 11) is 3.77. The first-order chi connectivity index (χ1) is 14.4. The van der Waals surface area contributed by atoms with Crippen LogP contribution in [0.4, 0.5) is 10.1 Å². The number of likely N-dealkylation sites (N-methyl/N-ethyl adjacent to an activating group) is 1. The van der Waals surface area contributed by atoms with Crippen molar-refractivity contribution < 1.29 is 14.0 Å². The first-order valence-corrected chi connectivity index (χ1v) is 9.83. The number of carbonyl (C=O) groups excluding carboxylic acids is 2. The van der Waals surface area contributed by atoms with Crippen LogP contribution in [0.2, 0.25) is 0 Å². The summed E-state index contributed by atoms with van der Waals surface area (Å²) in [6.45, 7) is 0.636. The van der Waals surface area contributed by atoms with Gasteiger partial charge in [0.1, 0.15) is 5.82 Å². The van der Waals surface area contributed by atoms with Gasteiger partial charge in [-0.15, -0.1) is 0 Å². The number of nitrogens with one attached hydrogen (secondary N) is 1. The van der Waals surface area contributed by atoms with Crippen LogP contribution in [0.3, 0.4) is 0 Å². The van der Waals surface area contributed by atoms with Crippen molar-refractivity contribution >= 4 is 17.5 Å². The van der Waals surface area contributed by atoms with Crippen molar-refractivity contribution in [3.8, 4) is 6.07 Å². The largest absolute Gasteiger partial charge is 0.354 e. The Bertz CT molecular complexity index is 863. The molecule has 1 N–H and O–H groups in total. The molecule has 0 aliphatic rings. The Labute approximate surface area is 176 Å². The van der Waals surface area contributed by atoms with Crippen LogP contribution >= 0.6 is 0 Å². The van der Waals surface area contributed by atoms with E-state index in [9.17, 15) is 14.0 Å². The summed E-state index contributed by atoms with van der Waals surface area (Å²) in [6.07, 6.45) is 0.322. The first kappa shape index (κ1) is 23.0. The fourth-order valence-corrected chi connectivity index (χ4v) is 3.11. The van der Waals surface area contributed by atoms with Crippen LogP contribution in [0.1, 0.15) is 30.9 Å². The second-order valence-corrected chi connectivity index (χ2v) is 7.12. The molecule has 0 spiro atoms. The Hall–Kier alpha value is -3.24. The standard InChI is InChI=1S/C23H27FN4O2/c1-27(2)21(18-9-11-19(24)12-10-18)17-26-22(29)13-14-23(30)28(16-6-15-25)20-7-4-3-5-8-20/h3-5,7-12,21H,6,13-14,16-17H2,1-2H3,(H,26,29). The molecule has 1 atom stereocenters. The maximum absolute atomic E-state index is 13.2. The number of rotatable bonds is 10. The molecule has 0 saturated heterocycles. The molecule has 0 radical (unpaired) electrons. The lowest BCUT2D eigenvalue weighted by molar-refractivity contribution is -0.125. The minimum Gasteiger partial charge on any atom is -0.354 e. The maximum Gasteiger partial charge on any atom is 0.227 e. The van der Waals surface area contributed by atoms with Gasteiger partial charge >= 0.3 is 0 Å². The van der Waals surface area contributed by atoms with Gasteiger partial charge in [0.15, 0.2) is 0 Å². The van der Waals surface area contributed by atoms with Crippen LogP contribution in [0, 0.1) is 17.1 Å². The number of benzene rings is 2. The van der Waals surface area contributed by atoms with Crippen LogP contribution in [0.5, 0.6) is 0 Å². The molecule has 0 aliphatic heterocycles. The van der Waals surface area contributed by atoms with E-state index in [1.807, 2.05) is 43.3 Å². The van der Waals surface area contributed by atoms with Crippen molar-refractivity contribution in [1.29, 1.82) is 5.26 Å². The number of hydrogen-bond acceptors (Lipinski definition) is 4. The zero-order valence-corrected chi connectivity index (χ0v) is 17.3. The average Bonchev–Trinajstić information content (AvgIpc) is 2.74. The Morgan fingerprint density at radius 3 is 2.33 bits per heavy atom. The number of para-hydroxylation sites is 1. The van der Waals surface area contributed by atoms with E-state index in [0.29, 0.717) is 12.2 Å². The number of carbonyl (C=O) groups is 2. The van der Waals surface area contributed by atoms with E-state index in [0.717, 1.165) is 5.56 Å². The summed E-state index contributed by atoms with van der Waals surface area (Å²) in [4.78, 5) is 28.4. The van der Waals surface area contributed by atoms with Crippen molar-refractivity contribution in [3.05, 3.63) is 66.0 Å². The minimum absolute atomic E-state index is 0.0509. The molecule has 1 unspecified atom stereocenters. The van der Waals surface area contributed by atoms with E-state index in [2.05, 4.69) is 5.32 Å². The van der Waals surface area contributed by atoms with E-state index < -0.39 is 0 Å². The second-order valence-electron chi connectivity index (χ2n) is 7.12. The number of nitrogens with zero attached hydrogens (tertiary/aromatic N) is 3. The summed E-state index contributed by atoms with van der Waals surface area (Å²) < 4.78 is 13.2. The number of anilines is 1. The van der Waals surface area contributed by atoms with Gasteiger partial charge in [-0.05, 0) is 43.9 Å². The second kappa shape index (κ2) is 11.7. The molecule has 2 rings (SSSR count). The molecule has 6 nitrogen and oxygen atoms in total. The fraction of sp³-hybridized carbons (Fsp3) is 0.348. The third-order valence-corrected chi connectivity index (χ3v) is 4.75. The Morgan fingerprint density at radius 2 is 1.73 bits per heavy atom. The molecule has 0 aromatic heterocycles. The highest BCUT2D eigenvalue weighted by atomic mass is 19.1. The molecule has 30 heavy (non-hydrogen) atoms. The Balaban J connectivity index is 1.91. The van der Waals surface area contributed by atoms with Crippen molar-refractivity contribution in [1.82, 2.24) is 10.2 Å². The summed E-state index contributed by atoms with van der Waals surface area (Å²) in [5.41, 5.74) is 1.60. The van der Waals surface area contributed by atoms with Gasteiger partial charge in [0.2, 0.25) is 11.8 Å². The zero-order valence-electron chi connectivity index (χ0n) is 17.3. The topological polar surface area (TPSA) is 76.4 Å². The lowest BCUT2D eigenvalue weighted by Crippen LogP contribution is -2.36. The van der Waals surface area contributed by atoms with E-state index in [-0.39, 0.29) is 49.5 Å². The van der Waals surface area contributed by atoms with E-state index in [1.54, 1.807) is 24.3 Å². The molecule has 2 amide bonds. The SMILES string of the molecule is CN(C)C(CNC(=O)CCC(=O)N(CCC#N)c1ccccc1)c1ccc(F)cc1. The summed E-state index contributed by atoms with van der Waals surface area (Å²) >= 11 is 0. The third kappa shape index (κ3) is 6.98. The highest BCUT2D eigenvalue weighted by Gasteiger charge is 2.18. The normalized spacial score (nSPS) is 11.6. The molecule has 7 heteroatoms. The van der Waals surface area contributed by atoms with Gasteiger partial charge in [0.25, 0.3) is 0 Å². The number of hydrogen-bond donors (Lipinski definition) is 1. The Morgan fingerprint density at radius 1 is 1.07 bits per heavy atom. The van der Waals surface area contributed by atoms with Crippen LogP contribution < -0.4 is 10.2 Å². The van der Waals surface area contributed by atoms with Crippen molar-refractivity contribution in [3.63, 3.8) is 0 Å². The van der Waals surface area contributed by atoms with Gasteiger partial charge in [0, 0.05) is 31.6 Å². The van der Waals surface area contributed by atoms with E-state index in [4.69, 9.17) is 5.26 Å². The number of nitriles is 1. The van der Waals surface area contributed by atoms with Gasteiger partial charge in [-0.2, -0.15) is 5.26 Å². The molecule has 0 fully saturated rings. The summed E-state index contributed by atoms with van der Waals surface area (Å²) in [5.74, 6) is -0.738. The highest BCUT2D eigenvalue weighted by Crippen LogP contribution is 2.18. The van der Waals surface area contributed by atoms with Crippen LogP contribution in [0.25, 0.3) is 0 Å². The van der Waals surface area contributed by atoms with Crippen LogP contribution in [-0.2, 0) is 9.59 Å². The minimum atomic E-state index is -0.307. The van der Waals surface area contributed by atoms with Crippen LogP contribution in [0.15, 0.2) is 54.6 Å². The molecule has 0 heterocycles. The molecule has 0 saturated carbocycles. The predicted molar refractivity (Wildman–Crippen MR) is 114 cm³/mol. The summed E-state index contributed by atoms with van der Waals surface area (Å²) in [6, 6.07) is 17.2. The molecular weight excluding hydrogens is 383 g/mol. The van der Waals surface area contributed by atoms with Gasteiger partial charge < -0.3 is 15.1 Å². The summed E-state index contributed by atoms with van der Waals surface area (Å²) in [5, 5.41) is 11.7. The molecule has 2 aromatic carbocycles. The van der Waals surface area contributed by atoms with E-state index >= 15 is 0 Å². The van der Waals surface area contributed by atoms with Crippen molar-refractivity contribution in [2.24, 2.45) is 0 Å². The highest BCUT2D eigenvalue weighted by molar-refractivity contribution is 5.95. The lowest BCUT2D eigenvalue weighted by Gasteiger charge is -2.25. The third-order valence-electron chi connectivity index (χ3n) is 4.75. The fourth-order valence-electron chi connectivity index (χ4n) is 3.11. The predicted octanol–water partition coefficient (Wildman–Crippen LogP) is 3.27. The first-order valence-electron chi connectivity index (χ1n) is 9.83. The molecular formula is C23H27FN4O2. The quantitative estimate of drug-likeness (QED) is 0.652. The Kier molecular flexibility index (Phi) is 8.98. The zero-order chi connectivity index (χ0) is 21.9. The molecule has 0 bridgehead atoms. The van der Waals surface area contributed by atoms with Gasteiger partial charge in [-0.1, -0.05) is 30.3 Å². The number of amides is 2. The maximum atomic E-state index is 13.2. The average molecular weight is 410 g/mol. The van der Waals surface area contributed by atoms with Gasteiger partial charge in [-0.3, -0.25) is 9.59 Å². The number of halogens is 1. The van der Waals surface area contributed by atoms with Crippen LogP contribution in [-0.4, -0.2) is 43.9 Å². The van der Waals surface area contributed by atoms with Gasteiger partial charge in [-0.25, -0.2) is 4.39 Å². The smallest absolute Gasteiger partial charge is 0.227 e. The van der Waals surface area contributed by atoms with E-state index in [1.165, 1.54) is 17.0 Å². The van der Waals surface area contributed by atoms with Gasteiger partial charge in [0.05, 0.1) is 18.5 Å². The lowest BCUT2D eigenvalue weighted by atomic mass is 10.1. The molecule has 2 aromatic rings. The van der Waals surface area contributed by atoms with Crippen molar-refractivity contribution in [2.45, 2.75) is 25.3 Å². The molecule has 158 valence electrons.